The summed E-state index contributed by atoms with van der Waals surface area (Å²) in [6, 6.07) is 12.9. The van der Waals surface area contributed by atoms with Crippen LogP contribution in [0.4, 0.5) is 16.2 Å². The molecule has 0 radical (unpaired) electrons. The molecule has 2 N–H and O–H groups in total. The Bertz CT molecular complexity index is 911. The van der Waals surface area contributed by atoms with Crippen molar-refractivity contribution in [3.8, 4) is 5.75 Å². The van der Waals surface area contributed by atoms with Crippen molar-refractivity contribution in [1.29, 1.82) is 0 Å². The van der Waals surface area contributed by atoms with Gasteiger partial charge in [-0.05, 0) is 37.3 Å². The molecule has 2 aromatic rings. The van der Waals surface area contributed by atoms with Crippen molar-refractivity contribution in [2.45, 2.75) is 12.6 Å². The van der Waals surface area contributed by atoms with E-state index in [9.17, 15) is 14.7 Å². The molecule has 0 aliphatic carbocycles. The minimum atomic E-state index is -2.18. The molecule has 8 heteroatoms. The van der Waals surface area contributed by atoms with E-state index in [0.717, 1.165) is 4.90 Å². The Morgan fingerprint density at radius 3 is 2.55 bits per heavy atom. The standard InChI is InChI=1S/C21H23N3O5/c1-2-29-16-9-7-15(8-10-16)24-20(26)22-18-6-4-3-5-17(18)21(24,27)19(25)23-11-13-28-14-12-23/h3-10,27H,2,11-14H2,1H3,(H,22,26). The molecule has 1 unspecified atom stereocenters. The summed E-state index contributed by atoms with van der Waals surface area (Å²) >= 11 is 0. The molecule has 8 nitrogen and oxygen atoms in total. The number of urea groups is 1. The van der Waals surface area contributed by atoms with Crippen LogP contribution in [0.2, 0.25) is 0 Å². The smallest absolute Gasteiger partial charge is 0.329 e. The van der Waals surface area contributed by atoms with E-state index in [1.165, 1.54) is 4.90 Å². The molecule has 3 amide bonds. The molecule has 4 rings (SSSR count). The number of nitrogens with one attached hydrogen (secondary N) is 1. The van der Waals surface area contributed by atoms with Crippen molar-refractivity contribution < 1.29 is 24.2 Å². The molecule has 1 atom stereocenters. The first kappa shape index (κ1) is 19.2. The molecule has 2 aromatic carbocycles. The van der Waals surface area contributed by atoms with Gasteiger partial charge < -0.3 is 24.8 Å². The number of morpholine rings is 1. The van der Waals surface area contributed by atoms with Crippen LogP contribution in [0.5, 0.6) is 5.75 Å². The summed E-state index contributed by atoms with van der Waals surface area (Å²) in [5, 5.41) is 14.6. The Kier molecular flexibility index (Phi) is 5.12. The number of hydrogen-bond donors (Lipinski definition) is 2. The Morgan fingerprint density at radius 1 is 1.17 bits per heavy atom. The second-order valence-electron chi connectivity index (χ2n) is 6.81. The Hall–Kier alpha value is -3.10. The van der Waals surface area contributed by atoms with Gasteiger partial charge in [0.2, 0.25) is 0 Å². The maximum Gasteiger partial charge on any atom is 0.329 e. The zero-order chi connectivity index (χ0) is 20.4. The third kappa shape index (κ3) is 3.30. The first-order valence-corrected chi connectivity index (χ1v) is 9.58. The number of ether oxygens (including phenoxy) is 2. The molecule has 0 bridgehead atoms. The minimum absolute atomic E-state index is 0.324. The lowest BCUT2D eigenvalue weighted by atomic mass is 9.94. The fourth-order valence-electron chi connectivity index (χ4n) is 3.69. The second kappa shape index (κ2) is 7.73. The van der Waals surface area contributed by atoms with E-state index in [1.54, 1.807) is 48.5 Å². The van der Waals surface area contributed by atoms with E-state index in [0.29, 0.717) is 55.6 Å². The lowest BCUT2D eigenvalue weighted by Crippen LogP contribution is -2.64. The van der Waals surface area contributed by atoms with Gasteiger partial charge >= 0.3 is 6.03 Å². The van der Waals surface area contributed by atoms with Crippen LogP contribution < -0.4 is 15.0 Å². The summed E-state index contributed by atoms with van der Waals surface area (Å²) in [5.74, 6) is 0.0779. The van der Waals surface area contributed by atoms with Gasteiger partial charge in [0.25, 0.3) is 11.6 Å². The number of carbonyl (C=O) groups is 2. The summed E-state index contributed by atoms with van der Waals surface area (Å²) in [6.07, 6.45) is 0. The molecule has 29 heavy (non-hydrogen) atoms. The molecule has 2 heterocycles. The molecule has 1 saturated heterocycles. The number of anilines is 2. The summed E-state index contributed by atoms with van der Waals surface area (Å²) in [5.41, 5.74) is -1.07. The highest BCUT2D eigenvalue weighted by Crippen LogP contribution is 2.41. The van der Waals surface area contributed by atoms with Gasteiger partial charge in [0.1, 0.15) is 5.75 Å². The highest BCUT2D eigenvalue weighted by atomic mass is 16.5. The monoisotopic (exact) mass is 397 g/mol. The number of benzene rings is 2. The molecule has 0 saturated carbocycles. The van der Waals surface area contributed by atoms with Crippen LogP contribution in [0.3, 0.4) is 0 Å². The van der Waals surface area contributed by atoms with E-state index < -0.39 is 17.7 Å². The SMILES string of the molecule is CCOc1ccc(N2C(=O)Nc3ccccc3C2(O)C(=O)N2CCOCC2)cc1. The van der Waals surface area contributed by atoms with E-state index >= 15 is 0 Å². The van der Waals surface area contributed by atoms with Crippen LogP contribution in [0.25, 0.3) is 0 Å². The van der Waals surface area contributed by atoms with Gasteiger partial charge in [-0.25, -0.2) is 4.79 Å². The topological polar surface area (TPSA) is 91.3 Å². The third-order valence-electron chi connectivity index (χ3n) is 5.07. The molecule has 2 aliphatic rings. The fraction of sp³-hybridized carbons (Fsp3) is 0.333. The van der Waals surface area contributed by atoms with Gasteiger partial charge in [-0.1, -0.05) is 18.2 Å². The van der Waals surface area contributed by atoms with Crippen molar-refractivity contribution in [1.82, 2.24) is 4.90 Å². The molecule has 0 aromatic heterocycles. The number of fused-ring (bicyclic) bond motifs is 1. The lowest BCUT2D eigenvalue weighted by molar-refractivity contribution is -0.156. The molecule has 2 aliphatic heterocycles. The number of aliphatic hydroxyl groups is 1. The average molecular weight is 397 g/mol. The van der Waals surface area contributed by atoms with Gasteiger partial charge in [-0.3, -0.25) is 9.69 Å². The van der Waals surface area contributed by atoms with Gasteiger partial charge in [0.05, 0.1) is 25.5 Å². The minimum Gasteiger partial charge on any atom is -0.494 e. The number of amides is 3. The van der Waals surface area contributed by atoms with Crippen molar-refractivity contribution in [3.63, 3.8) is 0 Å². The number of rotatable bonds is 4. The summed E-state index contributed by atoms with van der Waals surface area (Å²) in [7, 11) is 0. The first-order chi connectivity index (χ1) is 14.1. The number of nitrogens with zero attached hydrogens (tertiary/aromatic N) is 2. The molecule has 152 valence electrons. The largest absolute Gasteiger partial charge is 0.494 e. The summed E-state index contributed by atoms with van der Waals surface area (Å²) in [4.78, 5) is 29.1. The van der Waals surface area contributed by atoms with Crippen LogP contribution in [0.15, 0.2) is 48.5 Å². The van der Waals surface area contributed by atoms with Gasteiger partial charge in [0, 0.05) is 24.3 Å². The van der Waals surface area contributed by atoms with Crippen molar-refractivity contribution in [3.05, 3.63) is 54.1 Å². The Labute approximate surface area is 168 Å². The van der Waals surface area contributed by atoms with E-state index in [1.807, 2.05) is 6.92 Å². The van der Waals surface area contributed by atoms with Crippen LogP contribution in [-0.2, 0) is 15.3 Å². The number of carbonyl (C=O) groups excluding carboxylic acids is 2. The first-order valence-electron chi connectivity index (χ1n) is 9.58. The number of para-hydroxylation sites is 1. The lowest BCUT2D eigenvalue weighted by Gasteiger charge is -2.45. The summed E-state index contributed by atoms with van der Waals surface area (Å²) < 4.78 is 10.8. The molecule has 1 fully saturated rings. The van der Waals surface area contributed by atoms with Gasteiger partial charge in [-0.2, -0.15) is 0 Å². The van der Waals surface area contributed by atoms with Gasteiger partial charge in [0.15, 0.2) is 0 Å². The normalized spacial score (nSPS) is 21.4. The highest BCUT2D eigenvalue weighted by Gasteiger charge is 2.53. The van der Waals surface area contributed by atoms with Crippen molar-refractivity contribution in [2.75, 3.05) is 43.1 Å². The number of hydrogen-bond acceptors (Lipinski definition) is 5. The van der Waals surface area contributed by atoms with Crippen LogP contribution in [-0.4, -0.2) is 54.9 Å². The van der Waals surface area contributed by atoms with Crippen LogP contribution >= 0.6 is 0 Å². The zero-order valence-electron chi connectivity index (χ0n) is 16.1. The average Bonchev–Trinajstić information content (AvgIpc) is 2.75. The Morgan fingerprint density at radius 2 is 1.86 bits per heavy atom. The van der Waals surface area contributed by atoms with Crippen LogP contribution in [0, 0.1) is 0 Å². The quantitative estimate of drug-likeness (QED) is 0.825. The van der Waals surface area contributed by atoms with E-state index in [2.05, 4.69) is 5.32 Å². The van der Waals surface area contributed by atoms with Gasteiger partial charge in [-0.15, -0.1) is 0 Å². The molecular weight excluding hydrogens is 374 g/mol. The predicted molar refractivity (Wildman–Crippen MR) is 107 cm³/mol. The maximum atomic E-state index is 13.5. The third-order valence-corrected chi connectivity index (χ3v) is 5.07. The fourth-order valence-corrected chi connectivity index (χ4v) is 3.69. The van der Waals surface area contributed by atoms with E-state index in [-0.39, 0.29) is 0 Å². The van der Waals surface area contributed by atoms with Crippen molar-refractivity contribution in [2.24, 2.45) is 0 Å². The molecular formula is C21H23N3O5. The van der Waals surface area contributed by atoms with E-state index in [4.69, 9.17) is 9.47 Å². The molecule has 0 spiro atoms. The zero-order valence-corrected chi connectivity index (χ0v) is 16.1. The van der Waals surface area contributed by atoms with Crippen molar-refractivity contribution >= 4 is 23.3 Å². The second-order valence-corrected chi connectivity index (χ2v) is 6.81. The van der Waals surface area contributed by atoms with Crippen LogP contribution in [0.1, 0.15) is 12.5 Å². The predicted octanol–water partition coefficient (Wildman–Crippen LogP) is 2.14. The highest BCUT2D eigenvalue weighted by molar-refractivity contribution is 6.11. The maximum absolute atomic E-state index is 13.5. The summed E-state index contributed by atoms with van der Waals surface area (Å²) in [6.45, 7) is 3.86. The Balaban J connectivity index is 1.81.